The van der Waals surface area contributed by atoms with Gasteiger partial charge >= 0.3 is 0 Å². The number of carbonyl (C=O) groups is 1. The molecule has 0 aliphatic carbocycles. The zero-order valence-corrected chi connectivity index (χ0v) is 19.8. The van der Waals surface area contributed by atoms with Gasteiger partial charge in [0.25, 0.3) is 5.91 Å². The first-order valence-corrected chi connectivity index (χ1v) is 11.2. The first kappa shape index (κ1) is 20.8. The number of methoxy groups -OCH3 is 1. The van der Waals surface area contributed by atoms with E-state index >= 15 is 0 Å². The fraction of sp³-hybridized carbons (Fsp3) is 0.0833. The minimum atomic E-state index is -0.773. The Morgan fingerprint density at radius 1 is 1.03 bits per heavy atom. The van der Waals surface area contributed by atoms with Crippen molar-refractivity contribution < 1.29 is 19.1 Å². The van der Waals surface area contributed by atoms with Crippen LogP contribution in [0.4, 0.5) is 5.69 Å². The summed E-state index contributed by atoms with van der Waals surface area (Å²) in [6.45, 7) is 0. The molecule has 2 heterocycles. The van der Waals surface area contributed by atoms with E-state index < -0.39 is 11.9 Å². The largest absolute Gasteiger partial charge is 0.503 e. The molecule has 0 saturated carbocycles. The highest BCUT2D eigenvalue weighted by Gasteiger charge is 2.44. The number of hydrogen-bond donors (Lipinski definition) is 1. The van der Waals surface area contributed by atoms with Crippen LogP contribution in [-0.2, 0) is 0 Å². The standard InChI is InChI=1S/C24H15Br2NO5/c1-31-18-11-12(10-16(26)22(18)29)20-19-21(28)15-4-2-3-5-17(15)32-23(19)24(30)27(20)14-8-6-13(25)7-9-14/h2-11,20,29H,1H3. The molecule has 160 valence electrons. The maximum atomic E-state index is 13.6. The van der Waals surface area contributed by atoms with Gasteiger partial charge in [0.05, 0.1) is 28.6 Å². The van der Waals surface area contributed by atoms with Crippen molar-refractivity contribution in [2.75, 3.05) is 12.0 Å². The minimum absolute atomic E-state index is 0.00443. The first-order chi connectivity index (χ1) is 15.4. The summed E-state index contributed by atoms with van der Waals surface area (Å²) < 4.78 is 12.5. The van der Waals surface area contributed by atoms with E-state index in [0.29, 0.717) is 26.7 Å². The number of halogens is 2. The molecule has 1 aliphatic heterocycles. The lowest BCUT2D eigenvalue weighted by Gasteiger charge is -2.26. The summed E-state index contributed by atoms with van der Waals surface area (Å²) >= 11 is 6.76. The number of hydrogen-bond acceptors (Lipinski definition) is 5. The molecule has 1 unspecified atom stereocenters. The van der Waals surface area contributed by atoms with Gasteiger partial charge in [-0.1, -0.05) is 28.1 Å². The van der Waals surface area contributed by atoms with Crippen LogP contribution in [0.15, 0.2) is 78.8 Å². The second kappa shape index (κ2) is 7.79. The maximum absolute atomic E-state index is 13.6. The van der Waals surface area contributed by atoms with Gasteiger partial charge < -0.3 is 14.3 Å². The first-order valence-electron chi connectivity index (χ1n) is 9.62. The quantitative estimate of drug-likeness (QED) is 0.346. The topological polar surface area (TPSA) is 80.0 Å². The normalized spacial score (nSPS) is 15.3. The maximum Gasteiger partial charge on any atom is 0.295 e. The number of ether oxygens (including phenoxy) is 1. The number of rotatable bonds is 3. The summed E-state index contributed by atoms with van der Waals surface area (Å²) in [4.78, 5) is 28.6. The molecule has 0 fully saturated rings. The van der Waals surface area contributed by atoms with Crippen LogP contribution in [0.25, 0.3) is 11.0 Å². The van der Waals surface area contributed by atoms with E-state index in [9.17, 15) is 14.7 Å². The number of carbonyl (C=O) groups excluding carboxylic acids is 1. The fourth-order valence-electron chi connectivity index (χ4n) is 4.01. The van der Waals surface area contributed by atoms with Crippen molar-refractivity contribution in [3.8, 4) is 11.5 Å². The van der Waals surface area contributed by atoms with Crippen molar-refractivity contribution in [3.05, 3.63) is 96.7 Å². The Morgan fingerprint density at radius 3 is 2.47 bits per heavy atom. The Balaban J connectivity index is 1.83. The number of amides is 1. The predicted molar refractivity (Wildman–Crippen MR) is 128 cm³/mol. The van der Waals surface area contributed by atoms with Gasteiger partial charge in [-0.15, -0.1) is 0 Å². The second-order valence-electron chi connectivity index (χ2n) is 7.28. The van der Waals surface area contributed by atoms with Gasteiger partial charge in [0.15, 0.2) is 16.9 Å². The lowest BCUT2D eigenvalue weighted by Crippen LogP contribution is -2.29. The summed E-state index contributed by atoms with van der Waals surface area (Å²) in [5, 5.41) is 10.7. The van der Waals surface area contributed by atoms with Crippen molar-refractivity contribution >= 4 is 54.4 Å². The molecule has 8 heteroatoms. The van der Waals surface area contributed by atoms with Crippen molar-refractivity contribution in [2.24, 2.45) is 0 Å². The van der Waals surface area contributed by atoms with Crippen molar-refractivity contribution in [3.63, 3.8) is 0 Å². The molecule has 3 aromatic carbocycles. The zero-order chi connectivity index (χ0) is 22.6. The monoisotopic (exact) mass is 555 g/mol. The third-order valence-corrected chi connectivity index (χ3v) is 6.60. The summed E-state index contributed by atoms with van der Waals surface area (Å²) in [7, 11) is 1.44. The summed E-state index contributed by atoms with van der Waals surface area (Å²) in [5.41, 5.74) is 1.51. The van der Waals surface area contributed by atoms with E-state index in [1.165, 1.54) is 12.0 Å². The fourth-order valence-corrected chi connectivity index (χ4v) is 4.73. The molecule has 4 aromatic rings. The van der Waals surface area contributed by atoms with Crippen LogP contribution in [-0.4, -0.2) is 18.1 Å². The molecular formula is C24H15Br2NO5. The van der Waals surface area contributed by atoms with E-state index in [0.717, 1.165) is 4.47 Å². The Bertz CT molecular complexity index is 1450. The highest BCUT2D eigenvalue weighted by Crippen LogP contribution is 2.45. The average molecular weight is 557 g/mol. The molecule has 0 spiro atoms. The van der Waals surface area contributed by atoms with E-state index in [1.807, 2.05) is 12.1 Å². The van der Waals surface area contributed by atoms with E-state index in [1.54, 1.807) is 48.5 Å². The summed E-state index contributed by atoms with van der Waals surface area (Å²) in [6, 6.07) is 16.6. The van der Waals surface area contributed by atoms with Crippen LogP contribution in [0, 0.1) is 0 Å². The smallest absolute Gasteiger partial charge is 0.295 e. The van der Waals surface area contributed by atoms with Crippen molar-refractivity contribution in [1.82, 2.24) is 0 Å². The number of para-hydroxylation sites is 1. The van der Waals surface area contributed by atoms with Crippen LogP contribution in [0.5, 0.6) is 11.5 Å². The molecular weight excluding hydrogens is 542 g/mol. The van der Waals surface area contributed by atoms with Crippen LogP contribution in [0.1, 0.15) is 27.7 Å². The number of phenolic OH excluding ortho intramolecular Hbond substituents is 1. The van der Waals surface area contributed by atoms with E-state index in [4.69, 9.17) is 9.15 Å². The van der Waals surface area contributed by atoms with Crippen molar-refractivity contribution in [1.29, 1.82) is 0 Å². The van der Waals surface area contributed by atoms with Crippen LogP contribution in [0.2, 0.25) is 0 Å². The van der Waals surface area contributed by atoms with E-state index in [-0.39, 0.29) is 28.3 Å². The van der Waals surface area contributed by atoms with Gasteiger partial charge in [-0.2, -0.15) is 0 Å². The Hall–Kier alpha value is -3.10. The molecule has 6 nitrogen and oxygen atoms in total. The van der Waals surface area contributed by atoms with Gasteiger partial charge in [0.1, 0.15) is 5.58 Å². The second-order valence-corrected chi connectivity index (χ2v) is 9.05. The lowest BCUT2D eigenvalue weighted by molar-refractivity contribution is 0.0971. The van der Waals surface area contributed by atoms with Gasteiger partial charge in [0, 0.05) is 10.2 Å². The molecule has 0 bridgehead atoms. The number of benzene rings is 3. The average Bonchev–Trinajstić information content (AvgIpc) is 3.09. The molecule has 1 aliphatic rings. The van der Waals surface area contributed by atoms with Crippen molar-refractivity contribution in [2.45, 2.75) is 6.04 Å². The SMILES string of the molecule is COc1cc(C2c3c(oc4ccccc4c3=O)C(=O)N2c2ccc(Br)cc2)cc(Br)c1O. The van der Waals surface area contributed by atoms with Crippen LogP contribution in [0.3, 0.4) is 0 Å². The predicted octanol–water partition coefficient (Wildman–Crippen LogP) is 5.78. The number of nitrogens with zero attached hydrogens (tertiary/aromatic N) is 1. The third kappa shape index (κ3) is 3.13. The van der Waals surface area contributed by atoms with Crippen LogP contribution < -0.4 is 15.1 Å². The third-order valence-electron chi connectivity index (χ3n) is 5.47. The van der Waals surface area contributed by atoms with E-state index in [2.05, 4.69) is 31.9 Å². The van der Waals surface area contributed by atoms with Gasteiger partial charge in [-0.3, -0.25) is 14.5 Å². The molecule has 32 heavy (non-hydrogen) atoms. The lowest BCUT2D eigenvalue weighted by atomic mass is 9.97. The Labute approximate surface area is 199 Å². The molecule has 5 rings (SSSR count). The number of phenols is 1. The Kier molecular flexibility index (Phi) is 5.06. The number of aromatic hydroxyl groups is 1. The van der Waals surface area contributed by atoms with Crippen LogP contribution >= 0.6 is 31.9 Å². The molecule has 1 N–H and O–H groups in total. The molecule has 1 amide bonds. The highest BCUT2D eigenvalue weighted by molar-refractivity contribution is 9.10. The summed E-state index contributed by atoms with van der Waals surface area (Å²) in [6.07, 6.45) is 0. The highest BCUT2D eigenvalue weighted by atomic mass is 79.9. The van der Waals surface area contributed by atoms with Gasteiger partial charge in [-0.05, 0) is 70.0 Å². The summed E-state index contributed by atoms with van der Waals surface area (Å²) in [5.74, 6) is -0.263. The Morgan fingerprint density at radius 2 is 1.75 bits per heavy atom. The molecule has 1 aromatic heterocycles. The van der Waals surface area contributed by atoms with Gasteiger partial charge in [-0.25, -0.2) is 0 Å². The molecule has 1 atom stereocenters. The molecule has 0 saturated heterocycles. The minimum Gasteiger partial charge on any atom is -0.503 e. The number of anilines is 1. The molecule has 0 radical (unpaired) electrons. The van der Waals surface area contributed by atoms with Gasteiger partial charge in [0.2, 0.25) is 5.76 Å². The number of fused-ring (bicyclic) bond motifs is 2. The zero-order valence-electron chi connectivity index (χ0n) is 16.6.